The molecule has 0 aromatic heterocycles. The monoisotopic (exact) mass is 408 g/mol. The maximum absolute atomic E-state index is 12.5. The minimum atomic E-state index is -1.10. The Balaban J connectivity index is 2.40. The minimum Gasteiger partial charge on any atom is -0.504 e. The summed E-state index contributed by atoms with van der Waals surface area (Å²) in [5, 5.41) is 60.1. The lowest BCUT2D eigenvalue weighted by atomic mass is 9.92. The van der Waals surface area contributed by atoms with Crippen LogP contribution in [0, 0.1) is 0 Å². The highest BCUT2D eigenvalue weighted by atomic mass is 16.6. The fourth-order valence-electron chi connectivity index (χ4n) is 2.76. The third-order valence-electron chi connectivity index (χ3n) is 4.12. The molecule has 2 aromatic carbocycles. The third-order valence-corrected chi connectivity index (χ3v) is 4.12. The molecular formula is C18H16O11. The number of phenolic OH excluding ortho intramolecular Hbond substituents is 6. The van der Waals surface area contributed by atoms with Gasteiger partial charge in [-0.2, -0.15) is 0 Å². The highest BCUT2D eigenvalue weighted by Gasteiger charge is 2.32. The van der Waals surface area contributed by atoms with E-state index in [2.05, 4.69) is 0 Å². The van der Waals surface area contributed by atoms with Gasteiger partial charge in [-0.05, 0) is 12.1 Å². The number of phenols is 6. The number of aromatic hydroxyl groups is 6. The van der Waals surface area contributed by atoms with Gasteiger partial charge >= 0.3 is 11.9 Å². The first kappa shape index (κ1) is 19.9. The van der Waals surface area contributed by atoms with Crippen LogP contribution >= 0.6 is 0 Å². The van der Waals surface area contributed by atoms with E-state index < -0.39 is 68.7 Å². The summed E-state index contributed by atoms with van der Waals surface area (Å²) in [6, 6.07) is 1.48. The Labute approximate surface area is 162 Å². The van der Waals surface area contributed by atoms with E-state index in [0.29, 0.717) is 0 Å². The topological polar surface area (TPSA) is 183 Å². The van der Waals surface area contributed by atoms with Gasteiger partial charge in [0.15, 0.2) is 23.0 Å². The number of esters is 2. The van der Waals surface area contributed by atoms with E-state index in [4.69, 9.17) is 14.2 Å². The van der Waals surface area contributed by atoms with Gasteiger partial charge in [-0.25, -0.2) is 9.59 Å². The number of rotatable bonds is 0. The first-order chi connectivity index (χ1) is 13.7. The predicted octanol–water partition coefficient (Wildman–Crippen LogP) is 0.931. The lowest BCUT2D eigenvalue weighted by Gasteiger charge is -2.18. The normalized spacial score (nSPS) is 15.0. The molecule has 1 aliphatic heterocycles. The number of fused-ring (bicyclic) bond motifs is 3. The fourth-order valence-corrected chi connectivity index (χ4v) is 2.76. The first-order valence-electron chi connectivity index (χ1n) is 8.22. The number of hydrogen-bond acceptors (Lipinski definition) is 11. The maximum Gasteiger partial charge on any atom is 0.339 e. The second-order valence-electron chi connectivity index (χ2n) is 5.92. The summed E-state index contributed by atoms with van der Waals surface area (Å²) in [5.74, 6) is -8.25. The molecule has 154 valence electrons. The average molecular weight is 408 g/mol. The Morgan fingerprint density at radius 2 is 0.966 bits per heavy atom. The van der Waals surface area contributed by atoms with Gasteiger partial charge in [0.1, 0.15) is 13.2 Å². The quantitative estimate of drug-likeness (QED) is 0.269. The molecule has 0 saturated carbocycles. The molecule has 0 saturated heterocycles. The lowest BCUT2D eigenvalue weighted by molar-refractivity contribution is 0.0153. The molecule has 1 heterocycles. The maximum atomic E-state index is 12.5. The van der Waals surface area contributed by atoms with Gasteiger partial charge < -0.3 is 44.8 Å². The second-order valence-corrected chi connectivity index (χ2v) is 5.92. The van der Waals surface area contributed by atoms with Crippen molar-refractivity contribution in [3.63, 3.8) is 0 Å². The summed E-state index contributed by atoms with van der Waals surface area (Å²) in [5.41, 5.74) is -2.37. The molecule has 2 aromatic rings. The van der Waals surface area contributed by atoms with Crippen LogP contribution in [0.15, 0.2) is 12.1 Å². The minimum absolute atomic E-state index is 0.0472. The van der Waals surface area contributed by atoms with Crippen LogP contribution in [0.3, 0.4) is 0 Å². The van der Waals surface area contributed by atoms with E-state index in [-0.39, 0.29) is 26.4 Å². The molecule has 3 rings (SSSR count). The van der Waals surface area contributed by atoms with Gasteiger partial charge in [-0.3, -0.25) is 0 Å². The molecule has 0 amide bonds. The molecular weight excluding hydrogens is 392 g/mol. The molecule has 0 radical (unpaired) electrons. The van der Waals surface area contributed by atoms with Crippen LogP contribution in [-0.4, -0.2) is 69.0 Å². The van der Waals surface area contributed by atoms with Crippen molar-refractivity contribution in [3.05, 3.63) is 23.3 Å². The second kappa shape index (κ2) is 7.64. The van der Waals surface area contributed by atoms with Gasteiger partial charge in [0, 0.05) is 11.1 Å². The van der Waals surface area contributed by atoms with Crippen LogP contribution in [0.25, 0.3) is 11.1 Å². The molecule has 29 heavy (non-hydrogen) atoms. The molecule has 0 aliphatic carbocycles. The van der Waals surface area contributed by atoms with E-state index in [0.717, 1.165) is 12.1 Å². The fraction of sp³-hybridized carbons (Fsp3) is 0.222. The van der Waals surface area contributed by atoms with Gasteiger partial charge in [-0.1, -0.05) is 0 Å². The summed E-state index contributed by atoms with van der Waals surface area (Å²) in [6.07, 6.45) is 0. The predicted molar refractivity (Wildman–Crippen MR) is 93.3 cm³/mol. The summed E-state index contributed by atoms with van der Waals surface area (Å²) in [6.45, 7) is -0.550. The summed E-state index contributed by atoms with van der Waals surface area (Å²) in [7, 11) is 0. The van der Waals surface area contributed by atoms with Gasteiger partial charge in [0.2, 0.25) is 11.5 Å². The highest BCUT2D eigenvalue weighted by molar-refractivity contribution is 6.08. The third kappa shape index (κ3) is 3.50. The van der Waals surface area contributed by atoms with Crippen molar-refractivity contribution in [3.8, 4) is 45.6 Å². The Morgan fingerprint density at radius 1 is 0.586 bits per heavy atom. The Morgan fingerprint density at radius 3 is 1.34 bits per heavy atom. The van der Waals surface area contributed by atoms with Gasteiger partial charge in [0.05, 0.1) is 24.3 Å². The van der Waals surface area contributed by atoms with Crippen LogP contribution in [0.2, 0.25) is 0 Å². The summed E-state index contributed by atoms with van der Waals surface area (Å²) in [4.78, 5) is 25.0. The summed E-state index contributed by atoms with van der Waals surface area (Å²) >= 11 is 0. The standard InChI is InChI=1S/C18H16O11/c19-9-5-7-11(15(23)13(9)21)12-8(6-10(20)14(22)16(12)24)18(26)29-4-2-27-1-3-28-17(7)25/h5-6,19-24H,1-4H2. The summed E-state index contributed by atoms with van der Waals surface area (Å²) < 4.78 is 15.1. The van der Waals surface area contributed by atoms with Crippen molar-refractivity contribution >= 4 is 11.9 Å². The van der Waals surface area contributed by atoms with E-state index in [1.165, 1.54) is 0 Å². The molecule has 11 nitrogen and oxygen atoms in total. The van der Waals surface area contributed by atoms with Crippen LogP contribution in [0.5, 0.6) is 34.5 Å². The zero-order valence-corrected chi connectivity index (χ0v) is 14.7. The Kier molecular flexibility index (Phi) is 5.24. The van der Waals surface area contributed by atoms with Crippen molar-refractivity contribution in [1.29, 1.82) is 0 Å². The van der Waals surface area contributed by atoms with Crippen LogP contribution in [0.1, 0.15) is 20.7 Å². The number of cyclic esters (lactones) is 2. The largest absolute Gasteiger partial charge is 0.504 e. The zero-order chi connectivity index (χ0) is 21.3. The van der Waals surface area contributed by atoms with E-state index >= 15 is 0 Å². The Hall–Kier alpha value is -3.86. The lowest BCUT2D eigenvalue weighted by Crippen LogP contribution is -2.14. The van der Waals surface area contributed by atoms with Crippen molar-refractivity contribution in [2.24, 2.45) is 0 Å². The smallest absolute Gasteiger partial charge is 0.339 e. The van der Waals surface area contributed by atoms with Crippen molar-refractivity contribution in [2.45, 2.75) is 0 Å². The Bertz CT molecular complexity index is 917. The van der Waals surface area contributed by atoms with Gasteiger partial charge in [-0.15, -0.1) is 0 Å². The molecule has 6 N–H and O–H groups in total. The molecule has 0 bridgehead atoms. The molecule has 0 unspecified atom stereocenters. The molecule has 0 atom stereocenters. The van der Waals surface area contributed by atoms with E-state index in [9.17, 15) is 40.2 Å². The van der Waals surface area contributed by atoms with Gasteiger partial charge in [0.25, 0.3) is 0 Å². The molecule has 0 fully saturated rings. The molecule has 0 spiro atoms. The molecule has 11 heteroatoms. The van der Waals surface area contributed by atoms with Crippen molar-refractivity contribution < 1.29 is 54.4 Å². The van der Waals surface area contributed by atoms with Crippen LogP contribution < -0.4 is 0 Å². The number of carbonyl (C=O) groups excluding carboxylic acids is 2. The van der Waals surface area contributed by atoms with E-state index in [1.54, 1.807) is 0 Å². The zero-order valence-electron chi connectivity index (χ0n) is 14.7. The number of benzene rings is 2. The number of hydrogen-bond donors (Lipinski definition) is 6. The average Bonchev–Trinajstić information content (AvgIpc) is 2.69. The first-order valence-corrected chi connectivity index (χ1v) is 8.22. The highest BCUT2D eigenvalue weighted by Crippen LogP contribution is 2.52. The van der Waals surface area contributed by atoms with Crippen LogP contribution in [-0.2, 0) is 14.2 Å². The van der Waals surface area contributed by atoms with Crippen molar-refractivity contribution in [1.82, 2.24) is 0 Å². The SMILES string of the molecule is O=C1OCCOCCOC(=O)c2cc(O)c(O)c(O)c2-c2c1cc(O)c(O)c2O. The number of carbonyl (C=O) groups is 2. The number of ether oxygens (including phenoxy) is 3. The molecule has 1 aliphatic rings. The van der Waals surface area contributed by atoms with E-state index in [1.807, 2.05) is 0 Å². The van der Waals surface area contributed by atoms with Crippen LogP contribution in [0.4, 0.5) is 0 Å². The van der Waals surface area contributed by atoms with Crippen molar-refractivity contribution in [2.75, 3.05) is 26.4 Å².